The van der Waals surface area contributed by atoms with E-state index >= 15 is 0 Å². The van der Waals surface area contributed by atoms with E-state index in [0.29, 0.717) is 0 Å². The predicted octanol–water partition coefficient (Wildman–Crippen LogP) is 4.30. The van der Waals surface area contributed by atoms with Gasteiger partial charge in [-0.25, -0.2) is 0 Å². The van der Waals surface area contributed by atoms with E-state index < -0.39 is 0 Å². The van der Waals surface area contributed by atoms with Crippen LogP contribution < -0.4 is 4.74 Å². The Bertz CT molecular complexity index is 512. The molecule has 84 valence electrons. The molecule has 1 nitrogen and oxygen atoms in total. The summed E-state index contributed by atoms with van der Waals surface area (Å²) in [7, 11) is 0. The Morgan fingerprint density at radius 1 is 1.31 bits per heavy atom. The third-order valence-electron chi connectivity index (χ3n) is 4.07. The SMILES string of the molecule is CC1=C2CCOc3c(Br)ccc(c32)C1(C)C. The van der Waals surface area contributed by atoms with E-state index in [4.69, 9.17) is 4.74 Å². The molecule has 0 saturated carbocycles. The van der Waals surface area contributed by atoms with Crippen LogP contribution in [0.4, 0.5) is 0 Å². The van der Waals surface area contributed by atoms with Gasteiger partial charge in [0.2, 0.25) is 0 Å². The number of rotatable bonds is 0. The van der Waals surface area contributed by atoms with Crippen molar-refractivity contribution in [1.82, 2.24) is 0 Å². The quantitative estimate of drug-likeness (QED) is 0.688. The highest BCUT2D eigenvalue weighted by molar-refractivity contribution is 9.10. The van der Waals surface area contributed by atoms with Gasteiger partial charge in [0.1, 0.15) is 5.75 Å². The molecule has 1 heterocycles. The zero-order valence-electron chi connectivity index (χ0n) is 9.86. The van der Waals surface area contributed by atoms with Gasteiger partial charge in [-0.2, -0.15) is 0 Å². The van der Waals surface area contributed by atoms with E-state index in [2.05, 4.69) is 48.8 Å². The number of hydrogen-bond acceptors (Lipinski definition) is 1. The van der Waals surface area contributed by atoms with Crippen molar-refractivity contribution in [2.24, 2.45) is 0 Å². The van der Waals surface area contributed by atoms with E-state index in [1.165, 1.54) is 22.3 Å². The normalized spacial score (nSPS) is 20.8. The maximum absolute atomic E-state index is 5.81. The molecule has 0 atom stereocenters. The number of hydrogen-bond donors (Lipinski definition) is 0. The Morgan fingerprint density at radius 3 is 2.81 bits per heavy atom. The van der Waals surface area contributed by atoms with Crippen LogP contribution in [-0.4, -0.2) is 6.61 Å². The number of ether oxygens (including phenoxy) is 1. The summed E-state index contributed by atoms with van der Waals surface area (Å²) in [5.41, 5.74) is 5.93. The molecule has 16 heavy (non-hydrogen) atoms. The summed E-state index contributed by atoms with van der Waals surface area (Å²) in [5, 5.41) is 0. The van der Waals surface area contributed by atoms with Crippen molar-refractivity contribution >= 4 is 21.5 Å². The van der Waals surface area contributed by atoms with Crippen molar-refractivity contribution in [3.63, 3.8) is 0 Å². The molecule has 1 aromatic carbocycles. The summed E-state index contributed by atoms with van der Waals surface area (Å²) in [5.74, 6) is 1.05. The van der Waals surface area contributed by atoms with Crippen LogP contribution in [0.25, 0.3) is 5.57 Å². The molecule has 3 rings (SSSR count). The van der Waals surface area contributed by atoms with E-state index in [1.54, 1.807) is 0 Å². The lowest BCUT2D eigenvalue weighted by Crippen LogP contribution is -2.15. The van der Waals surface area contributed by atoms with E-state index in [1.807, 2.05) is 0 Å². The first-order valence-corrected chi connectivity index (χ1v) is 6.49. The Morgan fingerprint density at radius 2 is 2.06 bits per heavy atom. The fourth-order valence-electron chi connectivity index (χ4n) is 2.85. The lowest BCUT2D eigenvalue weighted by atomic mass is 9.82. The van der Waals surface area contributed by atoms with Gasteiger partial charge in [-0.1, -0.05) is 25.5 Å². The highest BCUT2D eigenvalue weighted by Gasteiger charge is 2.39. The average molecular weight is 279 g/mol. The Kier molecular flexibility index (Phi) is 2.03. The zero-order valence-corrected chi connectivity index (χ0v) is 11.4. The molecule has 0 spiro atoms. The zero-order chi connectivity index (χ0) is 11.5. The highest BCUT2D eigenvalue weighted by Crippen LogP contribution is 2.53. The number of halogens is 1. The van der Waals surface area contributed by atoms with Gasteiger partial charge in [-0.15, -0.1) is 0 Å². The van der Waals surface area contributed by atoms with Crippen molar-refractivity contribution < 1.29 is 4.74 Å². The van der Waals surface area contributed by atoms with Crippen LogP contribution in [0.15, 0.2) is 22.2 Å². The van der Waals surface area contributed by atoms with Crippen LogP contribution in [0.5, 0.6) is 5.75 Å². The molecular formula is C14H15BrO. The molecule has 0 fully saturated rings. The van der Waals surface area contributed by atoms with Crippen molar-refractivity contribution in [3.8, 4) is 5.75 Å². The molecule has 0 amide bonds. The van der Waals surface area contributed by atoms with Gasteiger partial charge >= 0.3 is 0 Å². The molecule has 0 N–H and O–H groups in total. The summed E-state index contributed by atoms with van der Waals surface area (Å²) in [6, 6.07) is 4.34. The largest absolute Gasteiger partial charge is 0.491 e. The molecule has 0 aromatic heterocycles. The van der Waals surface area contributed by atoms with Crippen LogP contribution in [0.2, 0.25) is 0 Å². The van der Waals surface area contributed by atoms with Crippen LogP contribution >= 0.6 is 15.9 Å². The van der Waals surface area contributed by atoms with Crippen LogP contribution in [0, 0.1) is 0 Å². The summed E-state index contributed by atoms with van der Waals surface area (Å²) < 4.78 is 6.88. The first-order chi connectivity index (χ1) is 7.53. The van der Waals surface area contributed by atoms with Gasteiger partial charge in [0, 0.05) is 17.4 Å². The van der Waals surface area contributed by atoms with Crippen molar-refractivity contribution in [1.29, 1.82) is 0 Å². The smallest absolute Gasteiger partial charge is 0.141 e. The lowest BCUT2D eigenvalue weighted by Gasteiger charge is -2.23. The van der Waals surface area contributed by atoms with Gasteiger partial charge in [-0.05, 0) is 40.1 Å². The second-order valence-corrected chi connectivity index (χ2v) is 5.98. The molecule has 2 heteroatoms. The number of allylic oxidation sites excluding steroid dienone is 1. The van der Waals surface area contributed by atoms with Crippen molar-refractivity contribution in [2.75, 3.05) is 6.61 Å². The molecule has 1 aliphatic carbocycles. The molecule has 0 unspecified atom stereocenters. The van der Waals surface area contributed by atoms with Crippen molar-refractivity contribution in [3.05, 3.63) is 33.3 Å². The standard InChI is InChI=1S/C14H15BrO/c1-8-9-6-7-16-13-11(15)5-4-10(12(9)13)14(8,2)3/h4-5H,6-7H2,1-3H3. The minimum Gasteiger partial charge on any atom is -0.491 e. The van der Waals surface area contributed by atoms with E-state index in [-0.39, 0.29) is 5.41 Å². The molecule has 0 bridgehead atoms. The monoisotopic (exact) mass is 278 g/mol. The van der Waals surface area contributed by atoms with Crippen LogP contribution in [0.1, 0.15) is 38.3 Å². The number of benzene rings is 1. The van der Waals surface area contributed by atoms with E-state index in [0.717, 1.165) is 23.2 Å². The maximum atomic E-state index is 5.81. The summed E-state index contributed by atoms with van der Waals surface area (Å²) in [4.78, 5) is 0. The fourth-order valence-corrected chi connectivity index (χ4v) is 3.30. The van der Waals surface area contributed by atoms with Crippen LogP contribution in [-0.2, 0) is 5.41 Å². The molecular weight excluding hydrogens is 264 g/mol. The second-order valence-electron chi connectivity index (χ2n) is 5.13. The summed E-state index contributed by atoms with van der Waals surface area (Å²) in [6.45, 7) is 7.67. The van der Waals surface area contributed by atoms with Crippen LogP contribution in [0.3, 0.4) is 0 Å². The highest BCUT2D eigenvalue weighted by atomic mass is 79.9. The van der Waals surface area contributed by atoms with E-state index in [9.17, 15) is 0 Å². The molecule has 0 saturated heterocycles. The first-order valence-electron chi connectivity index (χ1n) is 5.70. The van der Waals surface area contributed by atoms with Crippen molar-refractivity contribution in [2.45, 2.75) is 32.6 Å². The fraction of sp³-hybridized carbons (Fsp3) is 0.429. The third-order valence-corrected chi connectivity index (χ3v) is 4.70. The topological polar surface area (TPSA) is 9.23 Å². The van der Waals surface area contributed by atoms with Gasteiger partial charge in [0.05, 0.1) is 11.1 Å². The minimum atomic E-state index is 0.161. The molecule has 0 radical (unpaired) electrons. The Hall–Kier alpha value is -0.760. The lowest BCUT2D eigenvalue weighted by molar-refractivity contribution is 0.314. The van der Waals surface area contributed by atoms with Gasteiger partial charge < -0.3 is 4.74 Å². The Balaban J connectivity index is 2.39. The predicted molar refractivity (Wildman–Crippen MR) is 69.9 cm³/mol. The second kappa shape index (κ2) is 3.13. The summed E-state index contributed by atoms with van der Waals surface area (Å²) >= 11 is 3.58. The molecule has 2 aliphatic rings. The molecule has 1 aliphatic heterocycles. The Labute approximate surface area is 105 Å². The molecule has 1 aromatic rings. The summed E-state index contributed by atoms with van der Waals surface area (Å²) in [6.07, 6.45) is 1.05. The average Bonchev–Trinajstić information content (AvgIpc) is 2.45. The third kappa shape index (κ3) is 1.11. The first kappa shape index (κ1) is 10.4. The van der Waals surface area contributed by atoms with Gasteiger partial charge in [-0.3, -0.25) is 0 Å². The van der Waals surface area contributed by atoms with Gasteiger partial charge in [0.25, 0.3) is 0 Å². The minimum absolute atomic E-state index is 0.161. The van der Waals surface area contributed by atoms with Gasteiger partial charge in [0.15, 0.2) is 0 Å². The maximum Gasteiger partial charge on any atom is 0.141 e.